The fourth-order valence-corrected chi connectivity index (χ4v) is 2.58. The average Bonchev–Trinajstić information content (AvgIpc) is 3.36. The van der Waals surface area contributed by atoms with Crippen LogP contribution in [0.2, 0.25) is 5.02 Å². The first kappa shape index (κ1) is 15.2. The molecule has 0 amide bonds. The number of halogens is 1. The highest BCUT2D eigenvalue weighted by Crippen LogP contribution is 2.37. The Balaban J connectivity index is 1.71. The molecule has 1 N–H and O–H groups in total. The van der Waals surface area contributed by atoms with Crippen LogP contribution in [0.3, 0.4) is 0 Å². The Morgan fingerprint density at radius 3 is 2.59 bits per heavy atom. The van der Waals surface area contributed by atoms with E-state index in [4.69, 9.17) is 21.1 Å². The molecule has 22 heavy (non-hydrogen) atoms. The van der Waals surface area contributed by atoms with Crippen LogP contribution in [0.25, 0.3) is 0 Å². The number of hydrogen-bond acceptors (Lipinski definition) is 3. The predicted molar refractivity (Wildman–Crippen MR) is 88.6 cm³/mol. The molecule has 0 unspecified atom stereocenters. The van der Waals surface area contributed by atoms with Crippen LogP contribution in [0, 0.1) is 0 Å². The monoisotopic (exact) mass is 317 g/mol. The van der Waals surface area contributed by atoms with E-state index >= 15 is 0 Å². The van der Waals surface area contributed by atoms with E-state index in [1.807, 2.05) is 42.5 Å². The number of rotatable bonds is 7. The molecule has 3 rings (SSSR count). The van der Waals surface area contributed by atoms with Gasteiger partial charge in [0.05, 0.1) is 12.1 Å². The summed E-state index contributed by atoms with van der Waals surface area (Å²) in [6.07, 6.45) is 2.53. The van der Waals surface area contributed by atoms with Crippen LogP contribution in [0.4, 0.5) is 0 Å². The summed E-state index contributed by atoms with van der Waals surface area (Å²) in [5, 5.41) is 4.06. The van der Waals surface area contributed by atoms with E-state index in [0.717, 1.165) is 17.7 Å². The van der Waals surface area contributed by atoms with E-state index in [-0.39, 0.29) is 0 Å². The largest absolute Gasteiger partial charge is 0.493 e. The molecule has 0 spiro atoms. The molecular weight excluding hydrogens is 298 g/mol. The van der Waals surface area contributed by atoms with E-state index in [1.54, 1.807) is 7.11 Å². The van der Waals surface area contributed by atoms with Crippen LogP contribution in [0.1, 0.15) is 24.0 Å². The fraction of sp³-hybridized carbons (Fsp3) is 0.333. The van der Waals surface area contributed by atoms with E-state index in [0.29, 0.717) is 29.2 Å². The fourth-order valence-electron chi connectivity index (χ4n) is 2.29. The second kappa shape index (κ2) is 7.03. The highest BCUT2D eigenvalue weighted by Gasteiger charge is 2.20. The van der Waals surface area contributed by atoms with E-state index < -0.39 is 0 Å². The van der Waals surface area contributed by atoms with Crippen LogP contribution in [0.15, 0.2) is 42.5 Å². The number of ether oxygens (including phenoxy) is 2. The first-order chi connectivity index (χ1) is 10.8. The molecule has 0 saturated heterocycles. The predicted octanol–water partition coefficient (Wildman–Crippen LogP) is 4.18. The minimum Gasteiger partial charge on any atom is -0.493 e. The summed E-state index contributed by atoms with van der Waals surface area (Å²) in [6, 6.07) is 14.6. The van der Waals surface area contributed by atoms with Gasteiger partial charge in [0.1, 0.15) is 6.61 Å². The van der Waals surface area contributed by atoms with Gasteiger partial charge in [-0.2, -0.15) is 0 Å². The maximum Gasteiger partial charge on any atom is 0.180 e. The topological polar surface area (TPSA) is 30.5 Å². The molecule has 3 nitrogen and oxygen atoms in total. The van der Waals surface area contributed by atoms with Crippen molar-refractivity contribution in [3.05, 3.63) is 58.6 Å². The zero-order chi connectivity index (χ0) is 15.4. The van der Waals surface area contributed by atoms with Crippen molar-refractivity contribution in [1.29, 1.82) is 0 Å². The molecule has 0 bridgehead atoms. The van der Waals surface area contributed by atoms with Crippen molar-refractivity contribution in [3.63, 3.8) is 0 Å². The van der Waals surface area contributed by atoms with Gasteiger partial charge in [0.2, 0.25) is 0 Å². The van der Waals surface area contributed by atoms with Crippen molar-refractivity contribution in [3.8, 4) is 11.5 Å². The van der Waals surface area contributed by atoms with Crippen LogP contribution in [-0.2, 0) is 13.2 Å². The van der Waals surface area contributed by atoms with Crippen molar-refractivity contribution >= 4 is 11.6 Å². The van der Waals surface area contributed by atoms with Crippen molar-refractivity contribution in [2.75, 3.05) is 7.11 Å². The van der Waals surface area contributed by atoms with Gasteiger partial charge in [0, 0.05) is 12.6 Å². The molecule has 0 radical (unpaired) electrons. The molecule has 116 valence electrons. The zero-order valence-electron chi connectivity index (χ0n) is 12.6. The number of benzene rings is 2. The van der Waals surface area contributed by atoms with Gasteiger partial charge in [-0.3, -0.25) is 0 Å². The summed E-state index contributed by atoms with van der Waals surface area (Å²) in [5.74, 6) is 1.28. The van der Waals surface area contributed by atoms with Gasteiger partial charge in [0.25, 0.3) is 0 Å². The second-order valence-corrected chi connectivity index (χ2v) is 5.95. The highest BCUT2D eigenvalue weighted by molar-refractivity contribution is 6.32. The van der Waals surface area contributed by atoms with E-state index in [9.17, 15) is 0 Å². The quantitative estimate of drug-likeness (QED) is 0.831. The second-order valence-electron chi connectivity index (χ2n) is 5.54. The molecule has 0 aromatic heterocycles. The molecule has 1 saturated carbocycles. The summed E-state index contributed by atoms with van der Waals surface area (Å²) in [4.78, 5) is 0. The summed E-state index contributed by atoms with van der Waals surface area (Å²) >= 11 is 6.38. The van der Waals surface area contributed by atoms with Crippen molar-refractivity contribution in [1.82, 2.24) is 5.32 Å². The summed E-state index contributed by atoms with van der Waals surface area (Å²) in [6.45, 7) is 1.27. The van der Waals surface area contributed by atoms with Gasteiger partial charge < -0.3 is 14.8 Å². The first-order valence-electron chi connectivity index (χ1n) is 7.53. The third-order valence-electron chi connectivity index (χ3n) is 3.69. The smallest absolute Gasteiger partial charge is 0.180 e. The van der Waals surface area contributed by atoms with Crippen LogP contribution in [-0.4, -0.2) is 13.2 Å². The Morgan fingerprint density at radius 2 is 1.91 bits per heavy atom. The molecule has 2 aromatic rings. The number of nitrogens with one attached hydrogen (secondary N) is 1. The molecule has 0 heterocycles. The third-order valence-corrected chi connectivity index (χ3v) is 3.97. The van der Waals surface area contributed by atoms with Crippen LogP contribution in [0.5, 0.6) is 11.5 Å². The zero-order valence-corrected chi connectivity index (χ0v) is 13.4. The third kappa shape index (κ3) is 3.93. The molecular formula is C18H20ClNO2. The van der Waals surface area contributed by atoms with Crippen molar-refractivity contribution in [2.45, 2.75) is 32.0 Å². The number of methoxy groups -OCH3 is 1. The lowest BCUT2D eigenvalue weighted by Gasteiger charge is -2.14. The van der Waals surface area contributed by atoms with Gasteiger partial charge in [-0.1, -0.05) is 41.9 Å². The van der Waals surface area contributed by atoms with Gasteiger partial charge in [0.15, 0.2) is 11.5 Å². The standard InChI is InChI=1S/C18H20ClNO2/c1-21-17-10-14(11-20-15-7-8-15)9-16(19)18(17)22-12-13-5-3-2-4-6-13/h2-6,9-10,15,20H,7-8,11-12H2,1H3. The minimum atomic E-state index is 0.469. The summed E-state index contributed by atoms with van der Waals surface area (Å²) in [5.41, 5.74) is 2.21. The van der Waals surface area contributed by atoms with Crippen molar-refractivity contribution < 1.29 is 9.47 Å². The highest BCUT2D eigenvalue weighted by atomic mass is 35.5. The first-order valence-corrected chi connectivity index (χ1v) is 7.90. The molecule has 0 atom stereocenters. The Morgan fingerprint density at radius 1 is 1.14 bits per heavy atom. The lowest BCUT2D eigenvalue weighted by molar-refractivity contribution is 0.284. The maximum absolute atomic E-state index is 6.38. The van der Waals surface area contributed by atoms with Crippen molar-refractivity contribution in [2.24, 2.45) is 0 Å². The Hall–Kier alpha value is -1.71. The molecule has 0 aliphatic heterocycles. The van der Waals surface area contributed by atoms with Gasteiger partial charge in [-0.25, -0.2) is 0 Å². The SMILES string of the molecule is COc1cc(CNC2CC2)cc(Cl)c1OCc1ccccc1. The van der Waals surface area contributed by atoms with Gasteiger partial charge in [-0.15, -0.1) is 0 Å². The lowest BCUT2D eigenvalue weighted by atomic mass is 10.2. The Kier molecular flexibility index (Phi) is 4.86. The maximum atomic E-state index is 6.38. The Labute approximate surface area is 136 Å². The summed E-state index contributed by atoms with van der Waals surface area (Å²) in [7, 11) is 1.64. The number of hydrogen-bond donors (Lipinski definition) is 1. The molecule has 2 aromatic carbocycles. The van der Waals surface area contributed by atoms with Gasteiger partial charge >= 0.3 is 0 Å². The Bertz CT molecular complexity index is 626. The van der Waals surface area contributed by atoms with Gasteiger partial charge in [-0.05, 0) is 36.1 Å². The van der Waals surface area contributed by atoms with E-state index in [2.05, 4.69) is 5.32 Å². The van der Waals surface area contributed by atoms with Crippen LogP contribution >= 0.6 is 11.6 Å². The summed E-state index contributed by atoms with van der Waals surface area (Å²) < 4.78 is 11.3. The van der Waals surface area contributed by atoms with E-state index in [1.165, 1.54) is 12.8 Å². The molecule has 1 aliphatic rings. The normalized spacial score (nSPS) is 13.9. The average molecular weight is 318 g/mol. The molecule has 4 heteroatoms. The minimum absolute atomic E-state index is 0.469. The molecule has 1 fully saturated rings. The molecule has 1 aliphatic carbocycles. The lowest BCUT2D eigenvalue weighted by Crippen LogP contribution is -2.15. The van der Waals surface area contributed by atoms with Crippen LogP contribution < -0.4 is 14.8 Å².